The Morgan fingerprint density at radius 2 is 1.42 bits per heavy atom. The molecule has 0 unspecified atom stereocenters. The van der Waals surface area contributed by atoms with Crippen molar-refractivity contribution in [1.29, 1.82) is 0 Å². The van der Waals surface area contributed by atoms with Crippen LogP contribution in [0.5, 0.6) is 0 Å². The van der Waals surface area contributed by atoms with Gasteiger partial charge in [-0.25, -0.2) is 0 Å². The molecule has 0 aromatic heterocycles. The fraction of sp³-hybridized carbons (Fsp3) is 0.200. The Kier molecular flexibility index (Phi) is 5.29. The first-order valence-corrected chi connectivity index (χ1v) is 9.88. The van der Waals surface area contributed by atoms with Gasteiger partial charge in [0.25, 0.3) is 20.2 Å². The first kappa shape index (κ1) is 18.4. The highest BCUT2D eigenvalue weighted by atomic mass is 32.2. The van der Waals surface area contributed by atoms with Gasteiger partial charge in [-0.15, -0.1) is 0 Å². The van der Waals surface area contributed by atoms with E-state index in [1.54, 1.807) is 17.0 Å². The Morgan fingerprint density at radius 1 is 0.875 bits per heavy atom. The molecule has 0 aliphatic heterocycles. The van der Waals surface area contributed by atoms with E-state index in [1.165, 1.54) is 36.4 Å². The van der Waals surface area contributed by atoms with E-state index >= 15 is 0 Å². The van der Waals surface area contributed by atoms with Crippen LogP contribution in [-0.2, 0) is 26.8 Å². The fourth-order valence-electron chi connectivity index (χ4n) is 2.25. The molecule has 0 aliphatic rings. The van der Waals surface area contributed by atoms with Gasteiger partial charge in [-0.3, -0.25) is 9.11 Å². The summed E-state index contributed by atoms with van der Waals surface area (Å²) in [5, 5.41) is 0. The largest absolute Gasteiger partial charge is 0.367 e. The zero-order valence-corrected chi connectivity index (χ0v) is 14.5. The monoisotopic (exact) mass is 371 g/mol. The molecular formula is C15H17NO6S2. The lowest BCUT2D eigenvalue weighted by Crippen LogP contribution is -2.22. The molecule has 0 amide bonds. The molecule has 0 bridgehead atoms. The molecule has 0 heterocycles. The molecule has 0 radical (unpaired) electrons. The van der Waals surface area contributed by atoms with Gasteiger partial charge in [0.2, 0.25) is 0 Å². The smallest absolute Gasteiger partial charge is 0.294 e. The number of nitrogens with zero attached hydrogens (tertiary/aromatic N) is 1. The average molecular weight is 371 g/mol. The predicted molar refractivity (Wildman–Crippen MR) is 89.2 cm³/mol. The summed E-state index contributed by atoms with van der Waals surface area (Å²) in [4.78, 5) is 1.38. The maximum atomic E-state index is 11.3. The van der Waals surface area contributed by atoms with Crippen molar-refractivity contribution in [3.05, 3.63) is 54.1 Å². The third-order valence-corrected chi connectivity index (χ3v) is 5.13. The number of rotatable bonds is 6. The maximum Gasteiger partial charge on any atom is 0.294 e. The van der Waals surface area contributed by atoms with Crippen molar-refractivity contribution in [2.45, 2.75) is 23.3 Å². The van der Waals surface area contributed by atoms with E-state index in [-0.39, 0.29) is 9.79 Å². The highest BCUT2D eigenvalue weighted by molar-refractivity contribution is 7.86. The average Bonchev–Trinajstić information content (AvgIpc) is 2.51. The van der Waals surface area contributed by atoms with E-state index in [0.29, 0.717) is 24.3 Å². The number of hydrogen-bond acceptors (Lipinski definition) is 5. The molecule has 24 heavy (non-hydrogen) atoms. The Balaban J connectivity index is 2.34. The quantitative estimate of drug-likeness (QED) is 0.749. The van der Waals surface area contributed by atoms with Gasteiger partial charge in [0.05, 0.1) is 9.79 Å². The predicted octanol–water partition coefficient (Wildman–Crippen LogP) is 2.21. The summed E-state index contributed by atoms with van der Waals surface area (Å²) in [7, 11) is -8.59. The summed E-state index contributed by atoms with van der Waals surface area (Å²) < 4.78 is 63.2. The van der Waals surface area contributed by atoms with Crippen LogP contribution in [-0.4, -0.2) is 32.5 Å². The zero-order valence-electron chi connectivity index (χ0n) is 12.8. The van der Waals surface area contributed by atoms with E-state index in [1.807, 2.05) is 6.92 Å². The summed E-state index contributed by atoms with van der Waals surface area (Å²) >= 11 is 0. The molecule has 2 N–H and O–H groups in total. The fourth-order valence-corrected chi connectivity index (χ4v) is 3.32. The lowest BCUT2D eigenvalue weighted by Gasteiger charge is -2.23. The number of hydrogen-bond donors (Lipinski definition) is 2. The van der Waals surface area contributed by atoms with E-state index in [0.717, 1.165) is 0 Å². The first-order chi connectivity index (χ1) is 11.1. The van der Waals surface area contributed by atoms with Crippen LogP contribution < -0.4 is 4.90 Å². The zero-order chi connectivity index (χ0) is 18.0. The lowest BCUT2D eigenvalue weighted by molar-refractivity contribution is 0.480. The Hall–Kier alpha value is -1.94. The Bertz CT molecular complexity index is 938. The van der Waals surface area contributed by atoms with Crippen LogP contribution in [0.4, 0.5) is 5.69 Å². The standard InChI is InChI=1S/C15H17NO6S2/c1-2-16(13-6-4-8-15(10-13)24(20,21)22)11-12-5-3-7-14(9-12)23(17,18)19/h3-10H,2,11H2,1H3,(H,17,18,19)(H,20,21,22). The van der Waals surface area contributed by atoms with Crippen LogP contribution in [0, 0.1) is 0 Å². The number of anilines is 1. The van der Waals surface area contributed by atoms with Crippen LogP contribution in [0.3, 0.4) is 0 Å². The van der Waals surface area contributed by atoms with Gasteiger partial charge in [0.15, 0.2) is 0 Å². The van der Waals surface area contributed by atoms with Gasteiger partial charge in [-0.1, -0.05) is 18.2 Å². The summed E-state index contributed by atoms with van der Waals surface area (Å²) in [5.74, 6) is 0. The molecule has 0 atom stereocenters. The van der Waals surface area contributed by atoms with E-state index in [4.69, 9.17) is 9.11 Å². The minimum absolute atomic E-state index is 0.206. The highest BCUT2D eigenvalue weighted by Crippen LogP contribution is 2.22. The van der Waals surface area contributed by atoms with Crippen LogP contribution in [0.25, 0.3) is 0 Å². The Morgan fingerprint density at radius 3 is 1.96 bits per heavy atom. The molecule has 0 spiro atoms. The third-order valence-electron chi connectivity index (χ3n) is 3.43. The highest BCUT2D eigenvalue weighted by Gasteiger charge is 2.14. The maximum absolute atomic E-state index is 11.3. The van der Waals surface area contributed by atoms with Crippen molar-refractivity contribution in [3.63, 3.8) is 0 Å². The van der Waals surface area contributed by atoms with Crippen molar-refractivity contribution in [2.24, 2.45) is 0 Å². The van der Waals surface area contributed by atoms with Crippen molar-refractivity contribution >= 4 is 25.9 Å². The van der Waals surface area contributed by atoms with E-state index < -0.39 is 20.2 Å². The molecular weight excluding hydrogens is 354 g/mol. The normalized spacial score (nSPS) is 12.1. The van der Waals surface area contributed by atoms with Gasteiger partial charge >= 0.3 is 0 Å². The summed E-state index contributed by atoms with van der Waals surface area (Å²) in [6.07, 6.45) is 0. The van der Waals surface area contributed by atoms with Gasteiger partial charge in [-0.2, -0.15) is 16.8 Å². The van der Waals surface area contributed by atoms with Crippen LogP contribution in [0.15, 0.2) is 58.3 Å². The third kappa shape index (κ3) is 4.54. The van der Waals surface area contributed by atoms with Crippen molar-refractivity contribution < 1.29 is 25.9 Å². The topological polar surface area (TPSA) is 112 Å². The van der Waals surface area contributed by atoms with Gasteiger partial charge in [-0.05, 0) is 42.8 Å². The second-order valence-electron chi connectivity index (χ2n) is 5.11. The van der Waals surface area contributed by atoms with Gasteiger partial charge in [0.1, 0.15) is 0 Å². The summed E-state index contributed by atoms with van der Waals surface area (Å²) in [6, 6.07) is 11.7. The minimum Gasteiger partial charge on any atom is -0.367 e. The van der Waals surface area contributed by atoms with Gasteiger partial charge < -0.3 is 4.90 Å². The molecule has 0 saturated carbocycles. The molecule has 0 aliphatic carbocycles. The van der Waals surface area contributed by atoms with Crippen LogP contribution in [0.1, 0.15) is 12.5 Å². The Labute approximate surface area is 141 Å². The lowest BCUT2D eigenvalue weighted by atomic mass is 10.2. The van der Waals surface area contributed by atoms with E-state index in [2.05, 4.69) is 0 Å². The van der Waals surface area contributed by atoms with E-state index in [9.17, 15) is 16.8 Å². The molecule has 0 saturated heterocycles. The molecule has 130 valence electrons. The molecule has 9 heteroatoms. The van der Waals surface area contributed by atoms with Crippen molar-refractivity contribution in [1.82, 2.24) is 0 Å². The summed E-state index contributed by atoms with van der Waals surface area (Å²) in [6.45, 7) is 2.67. The van der Waals surface area contributed by atoms with Crippen molar-refractivity contribution in [2.75, 3.05) is 11.4 Å². The first-order valence-electron chi connectivity index (χ1n) is 7.00. The summed E-state index contributed by atoms with van der Waals surface area (Å²) in [5.41, 5.74) is 1.19. The second kappa shape index (κ2) is 6.89. The molecule has 0 fully saturated rings. The van der Waals surface area contributed by atoms with Crippen LogP contribution in [0.2, 0.25) is 0 Å². The minimum atomic E-state index is -4.31. The molecule has 2 aromatic carbocycles. The molecule has 2 aromatic rings. The van der Waals surface area contributed by atoms with Crippen molar-refractivity contribution in [3.8, 4) is 0 Å². The SMILES string of the molecule is CCN(Cc1cccc(S(=O)(=O)O)c1)c1cccc(S(=O)(=O)O)c1. The molecule has 7 nitrogen and oxygen atoms in total. The van der Waals surface area contributed by atoms with Gasteiger partial charge in [0, 0.05) is 18.8 Å². The second-order valence-corrected chi connectivity index (χ2v) is 7.95. The number of benzene rings is 2. The molecule has 2 rings (SSSR count). The van der Waals surface area contributed by atoms with Crippen LogP contribution >= 0.6 is 0 Å².